The van der Waals surface area contributed by atoms with E-state index in [2.05, 4.69) is 0 Å². The van der Waals surface area contributed by atoms with E-state index in [-0.39, 0.29) is 12.4 Å². The molecule has 3 nitrogen and oxygen atoms in total. The van der Waals surface area contributed by atoms with Crippen LogP contribution in [0.1, 0.15) is 12.8 Å². The minimum absolute atomic E-state index is 0. The highest BCUT2D eigenvalue weighted by Gasteiger charge is 2.51. The maximum atomic E-state index is 10.1. The number of aliphatic carboxylic acids is 1. The van der Waals surface area contributed by atoms with Crippen LogP contribution in [0.5, 0.6) is 0 Å². The van der Waals surface area contributed by atoms with Gasteiger partial charge in [0.15, 0.2) is 5.41 Å². The summed E-state index contributed by atoms with van der Waals surface area (Å²) in [5.41, 5.74) is -0.986. The molecule has 1 aliphatic rings. The molecule has 1 rings (SSSR count). The first kappa shape index (κ1) is 8.25. The van der Waals surface area contributed by atoms with Gasteiger partial charge in [-0.2, -0.15) is 5.26 Å². The Labute approximate surface area is 58.7 Å². The van der Waals surface area contributed by atoms with Crippen LogP contribution in [0, 0.1) is 16.7 Å². The second-order valence-electron chi connectivity index (χ2n) is 2.00. The molecular weight excluding hydrogens is 142 g/mol. The molecule has 0 aromatic carbocycles. The fourth-order valence-corrected chi connectivity index (χ4v) is 0.498. The van der Waals surface area contributed by atoms with Crippen molar-refractivity contribution in [3.63, 3.8) is 0 Å². The third-order valence-corrected chi connectivity index (χ3v) is 1.37. The highest BCUT2D eigenvalue weighted by Crippen LogP contribution is 2.44. The van der Waals surface area contributed by atoms with E-state index in [9.17, 15) is 4.79 Å². The Morgan fingerprint density at radius 1 is 1.67 bits per heavy atom. The van der Waals surface area contributed by atoms with Gasteiger partial charge in [0.2, 0.25) is 0 Å². The van der Waals surface area contributed by atoms with E-state index in [0.29, 0.717) is 12.8 Å². The molecule has 0 spiro atoms. The quantitative estimate of drug-likeness (QED) is 0.597. The van der Waals surface area contributed by atoms with Crippen molar-refractivity contribution in [2.24, 2.45) is 5.41 Å². The molecule has 1 N–H and O–H groups in total. The molecule has 0 bridgehead atoms. The number of carboxylic acid groups (broad SMARTS) is 1. The Bertz CT molecular complexity index is 168. The summed E-state index contributed by atoms with van der Waals surface area (Å²) in [6.45, 7) is 0. The lowest BCUT2D eigenvalue weighted by Gasteiger charge is -1.91. The molecule has 0 aliphatic heterocycles. The molecule has 1 aliphatic carbocycles. The third kappa shape index (κ3) is 1.14. The van der Waals surface area contributed by atoms with Gasteiger partial charge in [-0.25, -0.2) is 0 Å². The fraction of sp³-hybridized carbons (Fsp3) is 0.600. The average molecular weight is 148 g/mol. The van der Waals surface area contributed by atoms with Gasteiger partial charge in [0, 0.05) is 0 Å². The van der Waals surface area contributed by atoms with Crippen LogP contribution in [0.4, 0.5) is 0 Å². The Kier molecular flexibility index (Phi) is 2.05. The summed E-state index contributed by atoms with van der Waals surface area (Å²) in [6, 6.07) is 1.75. The van der Waals surface area contributed by atoms with Gasteiger partial charge < -0.3 is 5.11 Å². The number of halogens is 1. The highest BCUT2D eigenvalue weighted by atomic mass is 35.5. The van der Waals surface area contributed by atoms with Crippen LogP contribution in [0.25, 0.3) is 0 Å². The van der Waals surface area contributed by atoms with Gasteiger partial charge in [-0.3, -0.25) is 4.79 Å². The van der Waals surface area contributed by atoms with E-state index >= 15 is 0 Å². The molecule has 0 unspecified atom stereocenters. The lowest BCUT2D eigenvalue weighted by atomic mass is 10.1. The zero-order chi connectivity index (χ0) is 6.20. The largest absolute Gasteiger partial charge is 0.480 e. The molecule has 0 heterocycles. The van der Waals surface area contributed by atoms with Crippen molar-refractivity contribution in [2.75, 3.05) is 0 Å². The van der Waals surface area contributed by atoms with Crippen molar-refractivity contribution in [3.8, 4) is 6.07 Å². The van der Waals surface area contributed by atoms with E-state index in [0.717, 1.165) is 0 Å². The van der Waals surface area contributed by atoms with Crippen molar-refractivity contribution < 1.29 is 9.90 Å². The average Bonchev–Trinajstić information content (AvgIpc) is 2.44. The highest BCUT2D eigenvalue weighted by molar-refractivity contribution is 5.85. The zero-order valence-corrected chi connectivity index (χ0v) is 5.44. The number of nitriles is 1. The second-order valence-corrected chi connectivity index (χ2v) is 2.00. The van der Waals surface area contributed by atoms with E-state index in [1.807, 2.05) is 0 Å². The van der Waals surface area contributed by atoms with Crippen molar-refractivity contribution in [1.29, 1.82) is 5.26 Å². The van der Waals surface area contributed by atoms with Crippen LogP contribution in [0.2, 0.25) is 0 Å². The first-order valence-corrected chi connectivity index (χ1v) is 2.36. The summed E-state index contributed by atoms with van der Waals surface area (Å²) in [5, 5.41) is 16.5. The molecule has 9 heavy (non-hydrogen) atoms. The molecule has 50 valence electrons. The number of carbonyl (C=O) groups is 1. The van der Waals surface area contributed by atoms with Gasteiger partial charge >= 0.3 is 5.97 Å². The van der Waals surface area contributed by atoms with Gasteiger partial charge in [-0.05, 0) is 12.8 Å². The van der Waals surface area contributed by atoms with Crippen LogP contribution < -0.4 is 0 Å². The van der Waals surface area contributed by atoms with Crippen molar-refractivity contribution in [3.05, 3.63) is 0 Å². The number of nitrogens with zero attached hydrogens (tertiary/aromatic N) is 1. The lowest BCUT2D eigenvalue weighted by molar-refractivity contribution is -0.141. The van der Waals surface area contributed by atoms with Gasteiger partial charge in [-0.15, -0.1) is 12.4 Å². The summed E-state index contributed by atoms with van der Waals surface area (Å²) in [7, 11) is 0. The van der Waals surface area contributed by atoms with E-state index in [1.54, 1.807) is 6.07 Å². The van der Waals surface area contributed by atoms with Crippen molar-refractivity contribution in [1.82, 2.24) is 0 Å². The predicted octanol–water partition coefficient (Wildman–Crippen LogP) is 0.797. The zero-order valence-electron chi connectivity index (χ0n) is 4.63. The Hall–Kier alpha value is -0.750. The molecule has 0 atom stereocenters. The van der Waals surface area contributed by atoms with Crippen molar-refractivity contribution in [2.45, 2.75) is 12.8 Å². The first-order chi connectivity index (χ1) is 3.71. The van der Waals surface area contributed by atoms with Gasteiger partial charge in [0.1, 0.15) is 0 Å². The Balaban J connectivity index is 0.000000640. The topological polar surface area (TPSA) is 61.1 Å². The normalized spacial score (nSPS) is 19.0. The molecule has 1 fully saturated rings. The fourth-order valence-electron chi connectivity index (χ4n) is 0.498. The Morgan fingerprint density at radius 3 is 2.11 bits per heavy atom. The maximum absolute atomic E-state index is 10.1. The SMILES string of the molecule is Cl.N#CC1(C(=O)O)CC1. The van der Waals surface area contributed by atoms with Gasteiger partial charge in [0.25, 0.3) is 0 Å². The van der Waals surface area contributed by atoms with Gasteiger partial charge in [0.05, 0.1) is 6.07 Å². The maximum Gasteiger partial charge on any atom is 0.324 e. The smallest absolute Gasteiger partial charge is 0.324 e. The van der Waals surface area contributed by atoms with Gasteiger partial charge in [-0.1, -0.05) is 0 Å². The van der Waals surface area contributed by atoms with Crippen LogP contribution in [0.15, 0.2) is 0 Å². The molecule has 0 amide bonds. The summed E-state index contributed by atoms with van der Waals surface area (Å²) in [5.74, 6) is -0.972. The summed E-state index contributed by atoms with van der Waals surface area (Å²) in [4.78, 5) is 10.1. The second kappa shape index (κ2) is 2.24. The molecule has 0 saturated heterocycles. The predicted molar refractivity (Wildman–Crippen MR) is 32.2 cm³/mol. The minimum Gasteiger partial charge on any atom is -0.480 e. The standard InChI is InChI=1S/C5H5NO2.ClH/c6-3-5(1-2-5)4(7)8;/h1-2H2,(H,7,8);1H. The summed E-state index contributed by atoms with van der Waals surface area (Å²) in [6.07, 6.45) is 1.05. The molecular formula is C5H6ClNO2. The van der Waals surface area contributed by atoms with E-state index in [4.69, 9.17) is 10.4 Å². The monoisotopic (exact) mass is 147 g/mol. The Morgan fingerprint density at radius 2 is 2.11 bits per heavy atom. The summed E-state index contributed by atoms with van der Waals surface area (Å²) >= 11 is 0. The number of carboxylic acids is 1. The van der Waals surface area contributed by atoms with E-state index in [1.165, 1.54) is 0 Å². The van der Waals surface area contributed by atoms with E-state index < -0.39 is 11.4 Å². The number of hydrogen-bond donors (Lipinski definition) is 1. The molecule has 0 aromatic rings. The van der Waals surface area contributed by atoms with Crippen LogP contribution in [0.3, 0.4) is 0 Å². The lowest BCUT2D eigenvalue weighted by Crippen LogP contribution is -2.11. The van der Waals surface area contributed by atoms with Crippen LogP contribution >= 0.6 is 12.4 Å². The molecule has 0 radical (unpaired) electrons. The number of hydrogen-bond acceptors (Lipinski definition) is 2. The van der Waals surface area contributed by atoms with Crippen molar-refractivity contribution >= 4 is 18.4 Å². The first-order valence-electron chi connectivity index (χ1n) is 2.36. The molecule has 1 saturated carbocycles. The minimum atomic E-state index is -0.986. The van der Waals surface area contributed by atoms with Crippen LogP contribution in [-0.2, 0) is 4.79 Å². The third-order valence-electron chi connectivity index (χ3n) is 1.37. The number of rotatable bonds is 1. The van der Waals surface area contributed by atoms with Crippen LogP contribution in [-0.4, -0.2) is 11.1 Å². The molecule has 0 aromatic heterocycles. The summed E-state index contributed by atoms with van der Waals surface area (Å²) < 4.78 is 0. The molecule has 4 heteroatoms.